The Morgan fingerprint density at radius 1 is 1.07 bits per heavy atom. The maximum atomic E-state index is 13.6. The molecule has 0 amide bonds. The highest BCUT2D eigenvalue weighted by Crippen LogP contribution is 2.35. The van der Waals surface area contributed by atoms with Gasteiger partial charge in [-0.1, -0.05) is 35.9 Å². The summed E-state index contributed by atoms with van der Waals surface area (Å²) >= 11 is 5.88. The fraction of sp³-hybridized carbons (Fsp3) is 0.160. The van der Waals surface area contributed by atoms with Crippen molar-refractivity contribution in [2.24, 2.45) is 0 Å². The van der Waals surface area contributed by atoms with Gasteiger partial charge in [0.15, 0.2) is 5.69 Å². The van der Waals surface area contributed by atoms with E-state index in [1.165, 1.54) is 42.6 Å². The molecule has 1 unspecified atom stereocenters. The predicted molar refractivity (Wildman–Crippen MR) is 130 cm³/mol. The fourth-order valence-corrected chi connectivity index (χ4v) is 3.82. The number of alkyl halides is 5. The van der Waals surface area contributed by atoms with E-state index < -0.39 is 47.9 Å². The van der Waals surface area contributed by atoms with Crippen LogP contribution in [0.25, 0.3) is 11.1 Å². The number of hydrogen-bond acceptors (Lipinski definition) is 7. The van der Waals surface area contributed by atoms with Crippen molar-refractivity contribution in [2.45, 2.75) is 25.4 Å². The average molecular weight is 580 g/mol. The zero-order chi connectivity index (χ0) is 29.2. The minimum atomic E-state index is -5.09. The smallest absolute Gasteiger partial charge is 0.437 e. The van der Waals surface area contributed by atoms with Crippen LogP contribution in [0.2, 0.25) is 5.02 Å². The summed E-state index contributed by atoms with van der Waals surface area (Å²) in [6, 6.07) is 11.5. The SMILES string of the molecule is N#Cc1cc(Cl)cc(Oc2c(C(F)(F)F)ncn(Cn3nccc(-c4ccc(C(O)C(F)F)cc4)c3=O)c2=O)c1. The molecule has 2 heterocycles. The Balaban J connectivity index is 1.72. The molecule has 206 valence electrons. The summed E-state index contributed by atoms with van der Waals surface area (Å²) in [4.78, 5) is 29.4. The number of nitrogens with zero attached hydrogens (tertiary/aromatic N) is 5. The molecule has 9 nitrogen and oxygen atoms in total. The maximum absolute atomic E-state index is 13.6. The largest absolute Gasteiger partial charge is 0.449 e. The van der Waals surface area contributed by atoms with E-state index in [-0.39, 0.29) is 33.0 Å². The molecule has 0 fully saturated rings. The lowest BCUT2D eigenvalue weighted by molar-refractivity contribution is -0.142. The molecule has 0 spiro atoms. The molecule has 0 radical (unpaired) electrons. The second-order valence-corrected chi connectivity index (χ2v) is 8.61. The Morgan fingerprint density at radius 3 is 2.40 bits per heavy atom. The number of halogens is 6. The van der Waals surface area contributed by atoms with Crippen LogP contribution in [-0.4, -0.2) is 30.9 Å². The highest BCUT2D eigenvalue weighted by atomic mass is 35.5. The van der Waals surface area contributed by atoms with E-state index in [9.17, 15) is 36.6 Å². The van der Waals surface area contributed by atoms with Gasteiger partial charge in [-0.05, 0) is 35.4 Å². The lowest BCUT2D eigenvalue weighted by atomic mass is 10.0. The molecule has 0 aliphatic rings. The van der Waals surface area contributed by atoms with E-state index in [2.05, 4.69) is 10.1 Å². The summed E-state index contributed by atoms with van der Waals surface area (Å²) in [5.74, 6) is -1.55. The van der Waals surface area contributed by atoms with Crippen molar-refractivity contribution in [3.8, 4) is 28.7 Å². The minimum Gasteiger partial charge on any atom is -0.449 e. The van der Waals surface area contributed by atoms with Crippen LogP contribution in [-0.2, 0) is 12.8 Å². The van der Waals surface area contributed by atoms with Crippen molar-refractivity contribution < 1.29 is 31.8 Å². The summed E-state index contributed by atoms with van der Waals surface area (Å²) in [5, 5.41) is 22.4. The molecule has 0 aliphatic heterocycles. The quantitative estimate of drug-likeness (QED) is 0.317. The van der Waals surface area contributed by atoms with Crippen LogP contribution in [0, 0.1) is 11.3 Å². The lowest BCUT2D eigenvalue weighted by Gasteiger charge is -2.15. The number of benzene rings is 2. The van der Waals surface area contributed by atoms with E-state index in [0.717, 1.165) is 16.8 Å². The predicted octanol–water partition coefficient (Wildman–Crippen LogP) is 4.61. The molecule has 1 atom stereocenters. The molecule has 4 aromatic rings. The average Bonchev–Trinajstić information content (AvgIpc) is 2.90. The first kappa shape index (κ1) is 28.4. The van der Waals surface area contributed by atoms with E-state index >= 15 is 0 Å². The number of ether oxygens (including phenoxy) is 1. The van der Waals surface area contributed by atoms with Crippen LogP contribution < -0.4 is 15.9 Å². The Morgan fingerprint density at radius 2 is 1.77 bits per heavy atom. The monoisotopic (exact) mass is 579 g/mol. The topological polar surface area (TPSA) is 123 Å². The van der Waals surface area contributed by atoms with Gasteiger partial charge in [0.25, 0.3) is 17.5 Å². The van der Waals surface area contributed by atoms with E-state index in [1.807, 2.05) is 0 Å². The molecule has 1 N–H and O–H groups in total. The van der Waals surface area contributed by atoms with Crippen molar-refractivity contribution in [2.75, 3.05) is 0 Å². The highest BCUT2D eigenvalue weighted by Gasteiger charge is 2.39. The van der Waals surface area contributed by atoms with E-state index in [4.69, 9.17) is 21.6 Å². The third kappa shape index (κ3) is 6.00. The van der Waals surface area contributed by atoms with Gasteiger partial charge in [0.2, 0.25) is 5.75 Å². The highest BCUT2D eigenvalue weighted by molar-refractivity contribution is 6.30. The van der Waals surface area contributed by atoms with Gasteiger partial charge in [-0.3, -0.25) is 14.2 Å². The number of nitriles is 1. The van der Waals surface area contributed by atoms with Crippen molar-refractivity contribution >= 4 is 11.6 Å². The van der Waals surface area contributed by atoms with Gasteiger partial charge in [0.1, 0.15) is 18.5 Å². The third-order valence-electron chi connectivity index (χ3n) is 5.49. The van der Waals surface area contributed by atoms with E-state index in [0.29, 0.717) is 10.9 Å². The number of aliphatic hydroxyl groups excluding tert-OH is 1. The summed E-state index contributed by atoms with van der Waals surface area (Å²) in [6.45, 7) is -0.672. The number of aromatic nitrogens is 4. The first-order valence-electron chi connectivity index (χ1n) is 11.1. The van der Waals surface area contributed by atoms with Gasteiger partial charge in [-0.25, -0.2) is 18.4 Å². The molecule has 2 aromatic heterocycles. The van der Waals surface area contributed by atoms with Crippen molar-refractivity contribution in [3.63, 3.8) is 0 Å². The molecule has 0 aliphatic carbocycles. The molecule has 0 bridgehead atoms. The van der Waals surface area contributed by atoms with Crippen LogP contribution in [0.5, 0.6) is 11.5 Å². The zero-order valence-corrected chi connectivity index (χ0v) is 20.6. The molecule has 0 saturated heterocycles. The first-order valence-corrected chi connectivity index (χ1v) is 11.4. The Labute approximate surface area is 225 Å². The summed E-state index contributed by atoms with van der Waals surface area (Å²) in [7, 11) is 0. The van der Waals surface area contributed by atoms with E-state index in [1.54, 1.807) is 6.07 Å². The molecular formula is C25H15ClF5N5O4. The fourth-order valence-electron chi connectivity index (χ4n) is 3.59. The second-order valence-electron chi connectivity index (χ2n) is 8.18. The second kappa shape index (κ2) is 11.2. The molecule has 40 heavy (non-hydrogen) atoms. The normalized spacial score (nSPS) is 12.3. The molecule has 2 aromatic carbocycles. The van der Waals surface area contributed by atoms with Crippen LogP contribution in [0.1, 0.15) is 22.9 Å². The minimum absolute atomic E-state index is 0.0282. The van der Waals surface area contributed by atoms with Gasteiger partial charge in [0.05, 0.1) is 23.5 Å². The molecule has 15 heteroatoms. The van der Waals surface area contributed by atoms with Crippen molar-refractivity contribution in [3.05, 3.63) is 104 Å². The van der Waals surface area contributed by atoms with Crippen molar-refractivity contribution in [1.29, 1.82) is 5.26 Å². The van der Waals surface area contributed by atoms with Crippen molar-refractivity contribution in [1.82, 2.24) is 19.3 Å². The molecule has 0 saturated carbocycles. The van der Waals surface area contributed by atoms with Gasteiger partial charge < -0.3 is 9.84 Å². The molecular weight excluding hydrogens is 565 g/mol. The number of hydrogen-bond donors (Lipinski definition) is 1. The van der Waals surface area contributed by atoms with Crippen LogP contribution in [0.15, 0.2) is 70.6 Å². The Hall–Kier alpha value is -4.61. The van der Waals surface area contributed by atoms with Crippen LogP contribution >= 0.6 is 11.6 Å². The Kier molecular flexibility index (Phi) is 7.98. The Bertz CT molecular complexity index is 1720. The lowest BCUT2D eigenvalue weighted by Crippen LogP contribution is -2.33. The summed E-state index contributed by atoms with van der Waals surface area (Å²) in [5.41, 5.74) is -3.55. The van der Waals surface area contributed by atoms with Gasteiger partial charge in [-0.2, -0.15) is 23.5 Å². The van der Waals surface area contributed by atoms with Crippen LogP contribution in [0.3, 0.4) is 0 Å². The zero-order valence-electron chi connectivity index (χ0n) is 19.8. The van der Waals surface area contributed by atoms with Gasteiger partial charge >= 0.3 is 6.18 Å². The first-order chi connectivity index (χ1) is 18.9. The maximum Gasteiger partial charge on any atom is 0.437 e. The third-order valence-corrected chi connectivity index (χ3v) is 5.70. The van der Waals surface area contributed by atoms with Crippen LogP contribution in [0.4, 0.5) is 22.0 Å². The number of aliphatic hydroxyl groups is 1. The number of rotatable bonds is 7. The molecule has 4 rings (SSSR count). The van der Waals surface area contributed by atoms with Gasteiger partial charge in [-0.15, -0.1) is 0 Å². The summed E-state index contributed by atoms with van der Waals surface area (Å²) < 4.78 is 73.1. The summed E-state index contributed by atoms with van der Waals surface area (Å²) in [6.07, 6.45) is -8.37. The van der Waals surface area contributed by atoms with Gasteiger partial charge in [0, 0.05) is 11.2 Å². The standard InChI is InChI=1S/C25H15ClF5N5O4/c26-16-7-13(10-32)8-17(9-16)40-20-21(25(29,30)31)33-11-35(24(20)39)12-36-23(38)18(5-6-34-36)14-1-3-15(4-2-14)19(37)22(27)28/h1-9,11,19,22,37H,12H2.